The van der Waals surface area contributed by atoms with Crippen molar-refractivity contribution in [1.82, 2.24) is 34.5 Å². The Morgan fingerprint density at radius 2 is 1.87 bits per heavy atom. The van der Waals surface area contributed by atoms with Gasteiger partial charge in [0, 0.05) is 30.5 Å². The van der Waals surface area contributed by atoms with Gasteiger partial charge in [0.15, 0.2) is 11.6 Å². The maximum Gasteiger partial charge on any atom is 0.416 e. The number of hydrogen-bond donors (Lipinski definition) is 0. The molecular weight excluding hydrogens is 415 g/mol. The molecule has 154 valence electrons. The smallest absolute Gasteiger partial charge is 0.307 e. The van der Waals surface area contributed by atoms with Crippen LogP contribution in [0, 0.1) is 0 Å². The topological polar surface area (TPSA) is 74.3 Å². The number of thioether (sulfide) groups is 1. The van der Waals surface area contributed by atoms with Gasteiger partial charge in [-0.25, -0.2) is 9.67 Å². The van der Waals surface area contributed by atoms with Gasteiger partial charge in [0.1, 0.15) is 11.4 Å². The highest BCUT2D eigenvalue weighted by Crippen LogP contribution is 2.33. The lowest BCUT2D eigenvalue weighted by Gasteiger charge is -2.11. The molecule has 0 aliphatic carbocycles. The summed E-state index contributed by atoms with van der Waals surface area (Å²) in [5.41, 5.74) is 0.678. The largest absolute Gasteiger partial charge is 0.416 e. The average Bonchev–Trinajstić information content (AvgIpc) is 3.38. The third-order valence-electron chi connectivity index (χ3n) is 4.31. The van der Waals surface area contributed by atoms with Crippen LogP contribution in [0.4, 0.5) is 13.2 Å². The lowest BCUT2D eigenvalue weighted by Crippen LogP contribution is -2.06. The van der Waals surface area contributed by atoms with Crippen LogP contribution in [0.25, 0.3) is 28.7 Å². The molecule has 4 heterocycles. The van der Waals surface area contributed by atoms with Crippen LogP contribution in [0.3, 0.4) is 0 Å². The molecule has 0 aliphatic rings. The van der Waals surface area contributed by atoms with Crippen LogP contribution in [-0.2, 0) is 13.2 Å². The fourth-order valence-electron chi connectivity index (χ4n) is 2.90. The summed E-state index contributed by atoms with van der Waals surface area (Å²) >= 11 is 1.58. The molecule has 4 aromatic rings. The van der Waals surface area contributed by atoms with Crippen LogP contribution in [-0.4, -0.2) is 40.3 Å². The number of halogens is 3. The van der Waals surface area contributed by atoms with Crippen molar-refractivity contribution in [3.63, 3.8) is 0 Å². The second-order valence-corrected chi connectivity index (χ2v) is 7.56. The number of nitrogens with zero attached hydrogens (tertiary/aromatic N) is 7. The van der Waals surface area contributed by atoms with Gasteiger partial charge in [-0.15, -0.1) is 22.0 Å². The van der Waals surface area contributed by atoms with Crippen LogP contribution in [0.5, 0.6) is 0 Å². The molecule has 4 rings (SSSR count). The van der Waals surface area contributed by atoms with Crippen molar-refractivity contribution in [1.29, 1.82) is 0 Å². The van der Waals surface area contributed by atoms with Crippen molar-refractivity contribution >= 4 is 11.8 Å². The first-order valence-electron chi connectivity index (χ1n) is 8.94. The van der Waals surface area contributed by atoms with Gasteiger partial charge in [-0.2, -0.15) is 18.3 Å². The summed E-state index contributed by atoms with van der Waals surface area (Å²) in [6, 6.07) is 5.65. The molecular formula is C19H16F3N7S. The minimum Gasteiger partial charge on any atom is -0.307 e. The van der Waals surface area contributed by atoms with Gasteiger partial charge in [-0.3, -0.25) is 4.98 Å². The standard InChI is InChI=1S/C19H16F3N7S/c1-3-30-15-10-13(29-8-4-6-25-29)11-24-16(15)18-27-26-17(28(18)2)14-9-12(5-7-23-14)19(20,21)22/h4-11H,3H2,1-2H3. The van der Waals surface area contributed by atoms with E-state index in [2.05, 4.69) is 25.3 Å². The van der Waals surface area contributed by atoms with Crippen molar-refractivity contribution in [2.24, 2.45) is 7.05 Å². The summed E-state index contributed by atoms with van der Waals surface area (Å²) in [6.45, 7) is 2.02. The molecule has 30 heavy (non-hydrogen) atoms. The van der Waals surface area contributed by atoms with Gasteiger partial charge >= 0.3 is 6.18 Å². The fourth-order valence-corrected chi connectivity index (χ4v) is 3.70. The highest BCUT2D eigenvalue weighted by molar-refractivity contribution is 7.99. The van der Waals surface area contributed by atoms with E-state index in [0.717, 1.165) is 34.7 Å². The third kappa shape index (κ3) is 3.80. The number of hydrogen-bond acceptors (Lipinski definition) is 6. The van der Waals surface area contributed by atoms with E-state index >= 15 is 0 Å². The van der Waals surface area contributed by atoms with Gasteiger partial charge in [-0.05, 0) is 30.0 Å². The van der Waals surface area contributed by atoms with Gasteiger partial charge < -0.3 is 4.57 Å². The Bertz CT molecular complexity index is 1170. The number of aromatic nitrogens is 7. The van der Waals surface area contributed by atoms with E-state index in [4.69, 9.17) is 0 Å². The minimum atomic E-state index is -4.46. The second-order valence-electron chi connectivity index (χ2n) is 6.26. The zero-order chi connectivity index (χ0) is 21.3. The molecule has 0 atom stereocenters. The summed E-state index contributed by atoms with van der Waals surface area (Å²) in [4.78, 5) is 9.45. The average molecular weight is 431 g/mol. The van der Waals surface area contributed by atoms with E-state index in [1.54, 1.807) is 40.5 Å². The molecule has 0 saturated carbocycles. The summed E-state index contributed by atoms with van der Waals surface area (Å²) in [6.07, 6.45) is 1.81. The quantitative estimate of drug-likeness (QED) is 0.440. The fraction of sp³-hybridized carbons (Fsp3) is 0.211. The van der Waals surface area contributed by atoms with Crippen LogP contribution in [0.15, 0.2) is 53.9 Å². The van der Waals surface area contributed by atoms with E-state index < -0.39 is 11.7 Å². The molecule has 0 aromatic carbocycles. The van der Waals surface area contributed by atoms with Gasteiger partial charge in [0.25, 0.3) is 0 Å². The predicted molar refractivity (Wildman–Crippen MR) is 106 cm³/mol. The van der Waals surface area contributed by atoms with Crippen molar-refractivity contribution in [2.45, 2.75) is 18.0 Å². The highest BCUT2D eigenvalue weighted by atomic mass is 32.2. The lowest BCUT2D eigenvalue weighted by atomic mass is 10.2. The maximum atomic E-state index is 13.1. The molecule has 0 spiro atoms. The van der Waals surface area contributed by atoms with Gasteiger partial charge in [0.2, 0.25) is 0 Å². The molecule has 0 aliphatic heterocycles. The molecule has 0 bridgehead atoms. The normalized spacial score (nSPS) is 11.8. The molecule has 0 N–H and O–H groups in total. The van der Waals surface area contributed by atoms with Crippen molar-refractivity contribution in [2.75, 3.05) is 5.75 Å². The van der Waals surface area contributed by atoms with E-state index in [1.165, 1.54) is 0 Å². The van der Waals surface area contributed by atoms with Crippen molar-refractivity contribution in [3.8, 4) is 28.7 Å². The molecule has 0 fully saturated rings. The molecule has 0 amide bonds. The van der Waals surface area contributed by atoms with Crippen LogP contribution in [0.2, 0.25) is 0 Å². The number of rotatable bonds is 5. The Balaban J connectivity index is 1.77. The summed E-state index contributed by atoms with van der Waals surface area (Å²) in [5, 5.41) is 12.5. The summed E-state index contributed by atoms with van der Waals surface area (Å²) in [5.74, 6) is 1.46. The Hall–Kier alpha value is -3.21. The van der Waals surface area contributed by atoms with Crippen LogP contribution >= 0.6 is 11.8 Å². The Morgan fingerprint density at radius 3 is 2.57 bits per heavy atom. The van der Waals surface area contributed by atoms with Crippen molar-refractivity contribution in [3.05, 3.63) is 54.6 Å². The third-order valence-corrected chi connectivity index (χ3v) is 5.22. The Labute approximate surface area is 174 Å². The predicted octanol–water partition coefficient (Wildman–Crippen LogP) is 4.26. The number of pyridine rings is 2. The zero-order valence-corrected chi connectivity index (χ0v) is 16.8. The van der Waals surface area contributed by atoms with Gasteiger partial charge in [0.05, 0.1) is 17.4 Å². The minimum absolute atomic E-state index is 0.0870. The molecule has 4 aromatic heterocycles. The monoisotopic (exact) mass is 431 g/mol. The molecule has 0 radical (unpaired) electrons. The Kier molecular flexibility index (Phi) is 5.29. The first-order chi connectivity index (χ1) is 14.4. The zero-order valence-electron chi connectivity index (χ0n) is 16.0. The van der Waals surface area contributed by atoms with Gasteiger partial charge in [-0.1, -0.05) is 6.92 Å². The summed E-state index contributed by atoms with van der Waals surface area (Å²) < 4.78 is 42.5. The molecule has 0 saturated heterocycles. The second kappa shape index (κ2) is 7.90. The lowest BCUT2D eigenvalue weighted by molar-refractivity contribution is -0.137. The van der Waals surface area contributed by atoms with Crippen LogP contribution < -0.4 is 0 Å². The molecule has 7 nitrogen and oxygen atoms in total. The molecule has 0 unspecified atom stereocenters. The number of alkyl halides is 3. The first kappa shape index (κ1) is 20.1. The van der Waals surface area contributed by atoms with E-state index in [9.17, 15) is 13.2 Å². The van der Waals surface area contributed by atoms with Crippen LogP contribution in [0.1, 0.15) is 12.5 Å². The first-order valence-corrected chi connectivity index (χ1v) is 9.93. The van der Waals surface area contributed by atoms with E-state index in [0.29, 0.717) is 11.5 Å². The maximum absolute atomic E-state index is 13.1. The van der Waals surface area contributed by atoms with E-state index in [-0.39, 0.29) is 11.5 Å². The van der Waals surface area contributed by atoms with Crippen molar-refractivity contribution < 1.29 is 13.2 Å². The summed E-state index contributed by atoms with van der Waals surface area (Å²) in [7, 11) is 1.68. The van der Waals surface area contributed by atoms with E-state index in [1.807, 2.05) is 25.3 Å². The molecule has 11 heteroatoms. The SMILES string of the molecule is CCSc1cc(-n2cccn2)cnc1-c1nnc(-c2cc(C(F)(F)F)ccn2)n1C. The highest BCUT2D eigenvalue weighted by Gasteiger charge is 2.31. The Morgan fingerprint density at radius 1 is 1.07 bits per heavy atom.